The standard InChI is InChI=1S/C12H14ClNO2S.ClH/c1-14(2)7-17-10-6-16-12-8(11(10)15)4-3-5-9(12)13;/h3-5,10H,6-7H2,1-2H3;1H. The van der Waals surface area contributed by atoms with Gasteiger partial charge in [-0.1, -0.05) is 17.7 Å². The minimum atomic E-state index is -0.136. The topological polar surface area (TPSA) is 29.5 Å². The summed E-state index contributed by atoms with van der Waals surface area (Å²) in [4.78, 5) is 14.2. The van der Waals surface area contributed by atoms with Crippen molar-refractivity contribution in [2.75, 3.05) is 26.6 Å². The molecule has 0 aliphatic carbocycles. The number of para-hydroxylation sites is 1. The second kappa shape index (κ2) is 6.66. The minimum Gasteiger partial charge on any atom is -0.490 e. The molecule has 1 aromatic carbocycles. The molecule has 1 aliphatic heterocycles. The molecule has 3 nitrogen and oxygen atoms in total. The van der Waals surface area contributed by atoms with Gasteiger partial charge < -0.3 is 9.64 Å². The number of thioether (sulfide) groups is 1. The number of rotatable bonds is 3. The summed E-state index contributed by atoms with van der Waals surface area (Å²) >= 11 is 7.58. The van der Waals surface area contributed by atoms with E-state index in [4.69, 9.17) is 16.3 Å². The van der Waals surface area contributed by atoms with Crippen LogP contribution in [0.25, 0.3) is 0 Å². The van der Waals surface area contributed by atoms with E-state index in [1.54, 1.807) is 30.0 Å². The monoisotopic (exact) mass is 307 g/mol. The summed E-state index contributed by atoms with van der Waals surface area (Å²) in [5.41, 5.74) is 0.597. The predicted molar refractivity (Wildman–Crippen MR) is 78.5 cm³/mol. The number of benzene rings is 1. The van der Waals surface area contributed by atoms with E-state index < -0.39 is 0 Å². The number of carbonyl (C=O) groups is 1. The summed E-state index contributed by atoms with van der Waals surface area (Å²) < 4.78 is 5.58. The predicted octanol–water partition coefficient (Wildman–Crippen LogP) is 2.96. The zero-order chi connectivity index (χ0) is 12.4. The molecule has 6 heteroatoms. The average molecular weight is 308 g/mol. The molecule has 0 radical (unpaired) electrons. The molecule has 0 fully saturated rings. The van der Waals surface area contributed by atoms with Crippen molar-refractivity contribution in [1.29, 1.82) is 0 Å². The molecule has 0 spiro atoms. The fourth-order valence-electron chi connectivity index (χ4n) is 1.62. The van der Waals surface area contributed by atoms with Gasteiger partial charge in [0.05, 0.1) is 10.6 Å². The van der Waals surface area contributed by atoms with Gasteiger partial charge in [-0.3, -0.25) is 4.79 Å². The van der Waals surface area contributed by atoms with Crippen LogP contribution in [0.2, 0.25) is 5.02 Å². The highest BCUT2D eigenvalue weighted by molar-refractivity contribution is 8.00. The molecule has 0 amide bonds. The van der Waals surface area contributed by atoms with Crippen molar-refractivity contribution in [2.45, 2.75) is 5.25 Å². The minimum absolute atomic E-state index is 0. The number of halogens is 2. The smallest absolute Gasteiger partial charge is 0.183 e. The van der Waals surface area contributed by atoms with Crippen LogP contribution in [0.3, 0.4) is 0 Å². The van der Waals surface area contributed by atoms with Gasteiger partial charge in [-0.05, 0) is 26.2 Å². The molecular formula is C12H15Cl2NO2S. The van der Waals surface area contributed by atoms with Gasteiger partial charge in [-0.15, -0.1) is 24.2 Å². The Balaban J connectivity index is 0.00000162. The average Bonchev–Trinajstić information content (AvgIpc) is 2.29. The summed E-state index contributed by atoms with van der Waals surface area (Å²) in [7, 11) is 3.96. The van der Waals surface area contributed by atoms with E-state index in [0.717, 1.165) is 5.88 Å². The molecule has 0 saturated heterocycles. The normalized spacial score (nSPS) is 18.0. The first kappa shape index (κ1) is 15.6. The highest BCUT2D eigenvalue weighted by Crippen LogP contribution is 2.35. The number of hydrogen-bond acceptors (Lipinski definition) is 4. The fraction of sp³-hybridized carbons (Fsp3) is 0.417. The number of hydrogen-bond donors (Lipinski definition) is 0. The second-order valence-electron chi connectivity index (χ2n) is 4.16. The van der Waals surface area contributed by atoms with Crippen molar-refractivity contribution < 1.29 is 9.53 Å². The highest BCUT2D eigenvalue weighted by atomic mass is 35.5. The number of Topliss-reactive ketones (excluding diaryl/α,β-unsaturated/α-hetero) is 1. The quantitative estimate of drug-likeness (QED) is 0.803. The van der Waals surface area contributed by atoms with Gasteiger partial charge in [0, 0.05) is 5.88 Å². The van der Waals surface area contributed by atoms with Crippen LogP contribution in [-0.2, 0) is 0 Å². The van der Waals surface area contributed by atoms with Gasteiger partial charge >= 0.3 is 0 Å². The molecule has 0 saturated carbocycles. The maximum atomic E-state index is 12.2. The van der Waals surface area contributed by atoms with Crippen LogP contribution in [0, 0.1) is 0 Å². The second-order valence-corrected chi connectivity index (χ2v) is 5.72. The molecule has 0 N–H and O–H groups in total. The Morgan fingerprint density at radius 3 is 2.89 bits per heavy atom. The van der Waals surface area contributed by atoms with E-state index in [0.29, 0.717) is 22.9 Å². The third-order valence-electron chi connectivity index (χ3n) is 2.44. The van der Waals surface area contributed by atoms with Crippen LogP contribution in [0.1, 0.15) is 10.4 Å². The summed E-state index contributed by atoms with van der Waals surface area (Å²) in [6, 6.07) is 5.29. The van der Waals surface area contributed by atoms with Crippen LogP contribution in [-0.4, -0.2) is 42.5 Å². The SMILES string of the molecule is CN(C)CSC1COc2c(Cl)cccc2C1=O.Cl. The number of carbonyl (C=O) groups excluding carboxylic acids is 1. The molecule has 1 unspecified atom stereocenters. The van der Waals surface area contributed by atoms with Gasteiger partial charge in [-0.25, -0.2) is 0 Å². The number of ether oxygens (including phenoxy) is 1. The molecular weight excluding hydrogens is 293 g/mol. The lowest BCUT2D eigenvalue weighted by Gasteiger charge is -2.25. The Bertz CT molecular complexity index is 440. The Morgan fingerprint density at radius 2 is 2.22 bits per heavy atom. The first-order valence-electron chi connectivity index (χ1n) is 5.31. The van der Waals surface area contributed by atoms with Gasteiger partial charge in [0.25, 0.3) is 0 Å². The molecule has 1 atom stereocenters. The molecule has 1 aliphatic rings. The van der Waals surface area contributed by atoms with E-state index >= 15 is 0 Å². The Kier molecular flexibility index (Phi) is 5.79. The highest BCUT2D eigenvalue weighted by Gasteiger charge is 2.30. The lowest BCUT2D eigenvalue weighted by molar-refractivity contribution is 0.0943. The van der Waals surface area contributed by atoms with Crippen molar-refractivity contribution in [3.05, 3.63) is 28.8 Å². The van der Waals surface area contributed by atoms with Gasteiger partial charge in [0.1, 0.15) is 17.6 Å². The first-order valence-corrected chi connectivity index (χ1v) is 6.74. The van der Waals surface area contributed by atoms with Crippen LogP contribution in [0.4, 0.5) is 0 Å². The molecule has 0 bridgehead atoms. The van der Waals surface area contributed by atoms with Gasteiger partial charge in [0.2, 0.25) is 0 Å². The first-order chi connectivity index (χ1) is 8.09. The number of fused-ring (bicyclic) bond motifs is 1. The molecule has 1 aromatic rings. The Labute approximate surface area is 122 Å². The Hall–Kier alpha value is -0.420. The summed E-state index contributed by atoms with van der Waals surface area (Å²) in [5.74, 6) is 1.44. The third-order valence-corrected chi connectivity index (χ3v) is 4.15. The van der Waals surface area contributed by atoms with Gasteiger partial charge in [-0.2, -0.15) is 0 Å². The van der Waals surface area contributed by atoms with Crippen molar-refractivity contribution in [3.63, 3.8) is 0 Å². The van der Waals surface area contributed by atoms with E-state index in [1.807, 2.05) is 19.0 Å². The lowest BCUT2D eigenvalue weighted by atomic mass is 10.1. The van der Waals surface area contributed by atoms with E-state index in [1.165, 1.54) is 0 Å². The largest absolute Gasteiger partial charge is 0.490 e. The summed E-state index contributed by atoms with van der Waals surface area (Å²) in [5, 5.41) is 0.371. The van der Waals surface area contributed by atoms with Crippen LogP contribution in [0.5, 0.6) is 5.75 Å². The van der Waals surface area contributed by atoms with E-state index in [-0.39, 0.29) is 23.4 Å². The molecule has 0 aromatic heterocycles. The number of nitrogens with zero attached hydrogens (tertiary/aromatic N) is 1. The van der Waals surface area contributed by atoms with Crippen molar-refractivity contribution in [2.24, 2.45) is 0 Å². The summed E-state index contributed by atoms with van der Waals surface area (Å²) in [6.45, 7) is 0.397. The van der Waals surface area contributed by atoms with Crippen molar-refractivity contribution in [1.82, 2.24) is 4.90 Å². The number of ketones is 1. The van der Waals surface area contributed by atoms with E-state index in [9.17, 15) is 4.79 Å². The Morgan fingerprint density at radius 1 is 1.50 bits per heavy atom. The van der Waals surface area contributed by atoms with Crippen LogP contribution >= 0.6 is 35.8 Å². The van der Waals surface area contributed by atoms with Crippen molar-refractivity contribution >= 4 is 41.6 Å². The van der Waals surface area contributed by atoms with Crippen LogP contribution in [0.15, 0.2) is 18.2 Å². The summed E-state index contributed by atoms with van der Waals surface area (Å²) in [6.07, 6.45) is 0. The zero-order valence-electron chi connectivity index (χ0n) is 10.2. The molecule has 18 heavy (non-hydrogen) atoms. The third kappa shape index (κ3) is 3.32. The zero-order valence-corrected chi connectivity index (χ0v) is 12.6. The van der Waals surface area contributed by atoms with E-state index in [2.05, 4.69) is 0 Å². The van der Waals surface area contributed by atoms with Gasteiger partial charge in [0.15, 0.2) is 5.78 Å². The van der Waals surface area contributed by atoms with Crippen molar-refractivity contribution in [3.8, 4) is 5.75 Å². The maximum Gasteiger partial charge on any atom is 0.183 e. The molecule has 2 rings (SSSR count). The van der Waals surface area contributed by atoms with Crippen LogP contribution < -0.4 is 4.74 Å². The lowest BCUT2D eigenvalue weighted by Crippen LogP contribution is -2.32. The maximum absolute atomic E-state index is 12.2. The molecule has 1 heterocycles. The fourth-order valence-corrected chi connectivity index (χ4v) is 2.77. The molecule has 100 valence electrons.